The van der Waals surface area contributed by atoms with Gasteiger partial charge in [0.1, 0.15) is 0 Å². The van der Waals surface area contributed by atoms with Crippen LogP contribution in [0.5, 0.6) is 0 Å². The molecule has 1 aliphatic rings. The predicted molar refractivity (Wildman–Crippen MR) is 72.3 cm³/mol. The highest BCUT2D eigenvalue weighted by Gasteiger charge is 2.38. The summed E-state index contributed by atoms with van der Waals surface area (Å²) in [4.78, 5) is 0. The maximum atomic E-state index is 10.8. The molecule has 1 N–H and O–H groups in total. The molecule has 2 heteroatoms. The van der Waals surface area contributed by atoms with Gasteiger partial charge >= 0.3 is 0 Å². The van der Waals surface area contributed by atoms with E-state index in [-0.39, 0.29) is 0 Å². The van der Waals surface area contributed by atoms with Crippen molar-refractivity contribution in [2.75, 3.05) is 0 Å². The molecule has 1 aromatic carbocycles. The van der Waals surface area contributed by atoms with E-state index in [9.17, 15) is 5.11 Å². The van der Waals surface area contributed by atoms with Crippen LogP contribution in [0.2, 0.25) is 5.02 Å². The standard InChI is InChI=1S/C15H21ClO/c1-11-7-8-12(2)15(17,9-11)10-13-5-3-4-6-14(13)16/h3-6,11-12,17H,7-10H2,1-2H3. The second-order valence-electron chi connectivity index (χ2n) is 5.66. The highest BCUT2D eigenvalue weighted by Crippen LogP contribution is 2.39. The Hall–Kier alpha value is -0.530. The summed E-state index contributed by atoms with van der Waals surface area (Å²) in [6.45, 7) is 4.38. The first kappa shape index (κ1) is 12.9. The Morgan fingerprint density at radius 1 is 1.29 bits per heavy atom. The summed E-state index contributed by atoms with van der Waals surface area (Å²) in [5.41, 5.74) is 0.487. The van der Waals surface area contributed by atoms with Gasteiger partial charge in [-0.3, -0.25) is 0 Å². The van der Waals surface area contributed by atoms with Crippen LogP contribution < -0.4 is 0 Å². The van der Waals surface area contributed by atoms with Crippen LogP contribution in [0.3, 0.4) is 0 Å². The molecule has 1 aromatic rings. The van der Waals surface area contributed by atoms with Crippen LogP contribution in [-0.4, -0.2) is 10.7 Å². The first-order valence-corrected chi connectivity index (χ1v) is 6.85. The second-order valence-corrected chi connectivity index (χ2v) is 6.07. The van der Waals surface area contributed by atoms with Crippen molar-refractivity contribution in [1.29, 1.82) is 0 Å². The normalized spacial score (nSPS) is 33.6. The fourth-order valence-electron chi connectivity index (χ4n) is 2.93. The van der Waals surface area contributed by atoms with Crippen molar-refractivity contribution in [3.05, 3.63) is 34.9 Å². The summed E-state index contributed by atoms with van der Waals surface area (Å²) >= 11 is 6.18. The second kappa shape index (κ2) is 4.99. The molecule has 0 radical (unpaired) electrons. The lowest BCUT2D eigenvalue weighted by Crippen LogP contribution is -2.43. The van der Waals surface area contributed by atoms with Gasteiger partial charge in [0.25, 0.3) is 0 Å². The van der Waals surface area contributed by atoms with Crippen molar-refractivity contribution in [3.8, 4) is 0 Å². The van der Waals surface area contributed by atoms with Gasteiger partial charge in [-0.2, -0.15) is 0 Å². The number of rotatable bonds is 2. The summed E-state index contributed by atoms with van der Waals surface area (Å²) in [6, 6.07) is 7.84. The van der Waals surface area contributed by atoms with E-state index < -0.39 is 5.60 Å². The van der Waals surface area contributed by atoms with Crippen LogP contribution in [-0.2, 0) is 6.42 Å². The van der Waals surface area contributed by atoms with Crippen LogP contribution in [0, 0.1) is 11.8 Å². The first-order chi connectivity index (χ1) is 8.01. The van der Waals surface area contributed by atoms with Crippen molar-refractivity contribution >= 4 is 11.6 Å². The number of aliphatic hydroxyl groups is 1. The molecule has 0 amide bonds. The van der Waals surface area contributed by atoms with Crippen LogP contribution in [0.1, 0.15) is 38.7 Å². The average molecular weight is 253 g/mol. The van der Waals surface area contributed by atoms with Crippen LogP contribution in [0.25, 0.3) is 0 Å². The van der Waals surface area contributed by atoms with Crippen molar-refractivity contribution in [2.24, 2.45) is 11.8 Å². The molecule has 2 rings (SSSR count). The maximum absolute atomic E-state index is 10.8. The smallest absolute Gasteiger partial charge is 0.0716 e. The number of hydrogen-bond acceptors (Lipinski definition) is 1. The number of benzene rings is 1. The number of hydrogen-bond donors (Lipinski definition) is 1. The van der Waals surface area contributed by atoms with Gasteiger partial charge in [-0.15, -0.1) is 0 Å². The highest BCUT2D eigenvalue weighted by atomic mass is 35.5. The highest BCUT2D eigenvalue weighted by molar-refractivity contribution is 6.31. The zero-order valence-electron chi connectivity index (χ0n) is 10.6. The molecule has 0 aromatic heterocycles. The van der Waals surface area contributed by atoms with E-state index in [0.717, 1.165) is 23.4 Å². The Morgan fingerprint density at radius 2 is 2.00 bits per heavy atom. The third-order valence-corrected chi connectivity index (χ3v) is 4.53. The molecule has 1 saturated carbocycles. The van der Waals surface area contributed by atoms with Gasteiger partial charge in [-0.1, -0.05) is 50.1 Å². The fraction of sp³-hybridized carbons (Fsp3) is 0.600. The molecule has 0 saturated heterocycles. The number of halogens is 1. The molecule has 1 fully saturated rings. The molecule has 1 aliphatic carbocycles. The molecule has 1 nitrogen and oxygen atoms in total. The SMILES string of the molecule is CC1CCC(C)C(O)(Cc2ccccc2Cl)C1. The molecule has 0 bridgehead atoms. The molecule has 0 aliphatic heterocycles. The minimum Gasteiger partial charge on any atom is -0.389 e. The van der Waals surface area contributed by atoms with E-state index in [1.54, 1.807) is 0 Å². The Morgan fingerprint density at radius 3 is 2.71 bits per heavy atom. The van der Waals surface area contributed by atoms with Gasteiger partial charge in [-0.25, -0.2) is 0 Å². The van der Waals surface area contributed by atoms with Crippen LogP contribution in [0.15, 0.2) is 24.3 Å². The lowest BCUT2D eigenvalue weighted by Gasteiger charge is -2.41. The monoisotopic (exact) mass is 252 g/mol. The van der Waals surface area contributed by atoms with Gasteiger partial charge in [0, 0.05) is 11.4 Å². The molecule has 0 spiro atoms. The summed E-state index contributed by atoms with van der Waals surface area (Å²) in [5, 5.41) is 11.6. The van der Waals surface area contributed by atoms with E-state index in [4.69, 9.17) is 11.6 Å². The predicted octanol–water partition coefficient (Wildman–Crippen LogP) is 4.07. The third-order valence-electron chi connectivity index (χ3n) is 4.17. The van der Waals surface area contributed by atoms with E-state index in [1.165, 1.54) is 6.42 Å². The Kier molecular flexibility index (Phi) is 3.79. The lowest BCUT2D eigenvalue weighted by atomic mass is 9.69. The lowest BCUT2D eigenvalue weighted by molar-refractivity contribution is -0.0560. The topological polar surface area (TPSA) is 20.2 Å². The molecule has 94 valence electrons. The minimum atomic E-state index is -0.581. The van der Waals surface area contributed by atoms with Crippen LogP contribution >= 0.6 is 11.6 Å². The van der Waals surface area contributed by atoms with Gasteiger partial charge in [0.15, 0.2) is 0 Å². The molecule has 3 atom stereocenters. The van der Waals surface area contributed by atoms with Gasteiger partial charge < -0.3 is 5.11 Å². The Balaban J connectivity index is 2.18. The van der Waals surface area contributed by atoms with Gasteiger partial charge in [0.05, 0.1) is 5.60 Å². The van der Waals surface area contributed by atoms with Crippen molar-refractivity contribution in [1.82, 2.24) is 0 Å². The molecule has 17 heavy (non-hydrogen) atoms. The third kappa shape index (κ3) is 2.83. The fourth-order valence-corrected chi connectivity index (χ4v) is 3.13. The van der Waals surface area contributed by atoms with Crippen molar-refractivity contribution in [2.45, 2.75) is 45.1 Å². The average Bonchev–Trinajstić information content (AvgIpc) is 2.27. The van der Waals surface area contributed by atoms with Crippen molar-refractivity contribution in [3.63, 3.8) is 0 Å². The summed E-state index contributed by atoms with van der Waals surface area (Å²) in [7, 11) is 0. The Bertz CT molecular complexity index is 390. The summed E-state index contributed by atoms with van der Waals surface area (Å²) in [6.07, 6.45) is 3.91. The largest absolute Gasteiger partial charge is 0.389 e. The molecular weight excluding hydrogens is 232 g/mol. The molecule has 3 unspecified atom stereocenters. The zero-order chi connectivity index (χ0) is 12.5. The van der Waals surface area contributed by atoms with Gasteiger partial charge in [0.2, 0.25) is 0 Å². The summed E-state index contributed by atoms with van der Waals surface area (Å²) in [5.74, 6) is 0.966. The molecule has 0 heterocycles. The maximum Gasteiger partial charge on any atom is 0.0716 e. The van der Waals surface area contributed by atoms with E-state index in [0.29, 0.717) is 18.3 Å². The van der Waals surface area contributed by atoms with Crippen LogP contribution in [0.4, 0.5) is 0 Å². The molecular formula is C15H21ClO. The zero-order valence-corrected chi connectivity index (χ0v) is 11.4. The quantitative estimate of drug-likeness (QED) is 0.841. The van der Waals surface area contributed by atoms with Gasteiger partial charge in [-0.05, 0) is 36.3 Å². The van der Waals surface area contributed by atoms with Crippen molar-refractivity contribution < 1.29 is 5.11 Å². The van der Waals surface area contributed by atoms with E-state index in [1.807, 2.05) is 24.3 Å². The Labute approximate surface area is 109 Å². The van der Waals surface area contributed by atoms with E-state index in [2.05, 4.69) is 13.8 Å². The van der Waals surface area contributed by atoms with E-state index >= 15 is 0 Å². The first-order valence-electron chi connectivity index (χ1n) is 6.47. The summed E-state index contributed by atoms with van der Waals surface area (Å²) < 4.78 is 0. The minimum absolute atomic E-state index is 0.356.